The van der Waals surface area contributed by atoms with Crippen LogP contribution in [0.1, 0.15) is 19.8 Å². The highest BCUT2D eigenvalue weighted by molar-refractivity contribution is 5.76. The zero-order chi connectivity index (χ0) is 11.8. The molecule has 0 rings (SSSR count). The van der Waals surface area contributed by atoms with Crippen molar-refractivity contribution < 1.29 is 19.8 Å². The summed E-state index contributed by atoms with van der Waals surface area (Å²) < 4.78 is 0. The summed E-state index contributed by atoms with van der Waals surface area (Å²) in [6.07, 6.45) is -1.09. The number of aliphatic carboxylic acids is 1. The van der Waals surface area contributed by atoms with Gasteiger partial charge in [-0.2, -0.15) is 0 Å². The molecule has 6 heteroatoms. The van der Waals surface area contributed by atoms with E-state index in [2.05, 4.69) is 5.32 Å². The lowest BCUT2D eigenvalue weighted by molar-refractivity contribution is -0.147. The van der Waals surface area contributed by atoms with Gasteiger partial charge in [0.25, 0.3) is 0 Å². The molecule has 5 N–H and O–H groups in total. The van der Waals surface area contributed by atoms with Crippen LogP contribution in [0.25, 0.3) is 0 Å². The van der Waals surface area contributed by atoms with Gasteiger partial charge in [0.2, 0.25) is 5.91 Å². The molecule has 0 saturated heterocycles. The molecule has 0 fully saturated rings. The Hall–Kier alpha value is -1.14. The molecule has 2 atom stereocenters. The van der Waals surface area contributed by atoms with Crippen molar-refractivity contribution >= 4 is 11.9 Å². The molecule has 0 aromatic rings. The zero-order valence-electron chi connectivity index (χ0n) is 8.77. The van der Waals surface area contributed by atoms with Crippen LogP contribution in [0.3, 0.4) is 0 Å². The first kappa shape index (κ1) is 13.9. The number of carboxylic acid groups (broad SMARTS) is 1. The number of carbonyl (C=O) groups excluding carboxylic acids is 1. The van der Waals surface area contributed by atoms with Gasteiger partial charge in [-0.05, 0) is 12.5 Å². The SMILES string of the molecule is CC(CN)CC(=O)NCC[C@H](O)C(=O)O. The number of carbonyl (C=O) groups is 2. The second-order valence-electron chi connectivity index (χ2n) is 3.54. The first-order chi connectivity index (χ1) is 6.97. The second-order valence-corrected chi connectivity index (χ2v) is 3.54. The summed E-state index contributed by atoms with van der Waals surface area (Å²) >= 11 is 0. The van der Waals surface area contributed by atoms with Crippen LogP contribution in [0.4, 0.5) is 0 Å². The molecule has 0 aliphatic rings. The van der Waals surface area contributed by atoms with Gasteiger partial charge in [-0.25, -0.2) is 4.79 Å². The predicted octanol–water partition coefficient (Wildman–Crippen LogP) is -1.08. The summed E-state index contributed by atoms with van der Waals surface area (Å²) in [6.45, 7) is 2.44. The predicted molar refractivity (Wildman–Crippen MR) is 54.1 cm³/mol. The van der Waals surface area contributed by atoms with Crippen LogP contribution in [-0.4, -0.2) is 41.3 Å². The van der Waals surface area contributed by atoms with E-state index in [0.29, 0.717) is 13.0 Å². The summed E-state index contributed by atoms with van der Waals surface area (Å²) in [4.78, 5) is 21.4. The first-order valence-corrected chi connectivity index (χ1v) is 4.85. The van der Waals surface area contributed by atoms with Crippen molar-refractivity contribution in [2.75, 3.05) is 13.1 Å². The number of hydrogen-bond donors (Lipinski definition) is 4. The smallest absolute Gasteiger partial charge is 0.332 e. The summed E-state index contributed by atoms with van der Waals surface area (Å²) in [5, 5.41) is 19.8. The molecule has 0 aliphatic carbocycles. The number of aliphatic hydroxyl groups excluding tert-OH is 1. The molecule has 0 aromatic carbocycles. The minimum atomic E-state index is -1.42. The molecule has 0 spiro atoms. The van der Waals surface area contributed by atoms with Crippen LogP contribution < -0.4 is 11.1 Å². The first-order valence-electron chi connectivity index (χ1n) is 4.85. The van der Waals surface area contributed by atoms with Gasteiger partial charge in [-0.3, -0.25) is 4.79 Å². The third kappa shape index (κ3) is 6.87. The Morgan fingerprint density at radius 1 is 1.47 bits per heavy atom. The minimum Gasteiger partial charge on any atom is -0.479 e. The van der Waals surface area contributed by atoms with E-state index in [1.54, 1.807) is 0 Å². The molecule has 6 nitrogen and oxygen atoms in total. The Bertz CT molecular complexity index is 220. The number of rotatable bonds is 7. The Morgan fingerprint density at radius 2 is 2.07 bits per heavy atom. The number of aliphatic hydroxyl groups is 1. The maximum atomic E-state index is 11.2. The Balaban J connectivity index is 3.59. The molecule has 1 unspecified atom stereocenters. The van der Waals surface area contributed by atoms with Gasteiger partial charge < -0.3 is 21.3 Å². The molecule has 0 bridgehead atoms. The standard InChI is InChI=1S/C9H18N2O4/c1-6(5-10)4-8(13)11-3-2-7(12)9(14)15/h6-7,12H,2-5,10H2,1H3,(H,11,13)(H,14,15)/t6?,7-/m0/s1. The van der Waals surface area contributed by atoms with E-state index in [9.17, 15) is 9.59 Å². The number of nitrogens with two attached hydrogens (primary N) is 1. The van der Waals surface area contributed by atoms with Crippen molar-refractivity contribution in [3.8, 4) is 0 Å². The van der Waals surface area contributed by atoms with Crippen LogP contribution in [0.2, 0.25) is 0 Å². The highest BCUT2D eigenvalue weighted by Gasteiger charge is 2.13. The van der Waals surface area contributed by atoms with E-state index < -0.39 is 12.1 Å². The lowest BCUT2D eigenvalue weighted by atomic mass is 10.1. The Morgan fingerprint density at radius 3 is 2.53 bits per heavy atom. The maximum Gasteiger partial charge on any atom is 0.332 e. The fourth-order valence-corrected chi connectivity index (χ4v) is 0.944. The van der Waals surface area contributed by atoms with Crippen molar-refractivity contribution in [2.45, 2.75) is 25.9 Å². The molecular weight excluding hydrogens is 200 g/mol. The quantitative estimate of drug-likeness (QED) is 0.434. The van der Waals surface area contributed by atoms with E-state index in [-0.39, 0.29) is 24.8 Å². The van der Waals surface area contributed by atoms with Gasteiger partial charge >= 0.3 is 5.97 Å². The van der Waals surface area contributed by atoms with Crippen LogP contribution in [0.15, 0.2) is 0 Å². The van der Waals surface area contributed by atoms with Gasteiger partial charge in [-0.15, -0.1) is 0 Å². The third-order valence-corrected chi connectivity index (χ3v) is 1.96. The number of amides is 1. The molecule has 88 valence electrons. The number of hydrogen-bond acceptors (Lipinski definition) is 4. The Labute approximate surface area is 88.5 Å². The van der Waals surface area contributed by atoms with Gasteiger partial charge in [0.05, 0.1) is 0 Å². The van der Waals surface area contributed by atoms with E-state index in [0.717, 1.165) is 0 Å². The van der Waals surface area contributed by atoms with Gasteiger partial charge in [0.1, 0.15) is 0 Å². The molecule has 1 amide bonds. The molecule has 0 aromatic heterocycles. The molecule has 0 radical (unpaired) electrons. The monoisotopic (exact) mass is 218 g/mol. The van der Waals surface area contributed by atoms with Crippen molar-refractivity contribution in [1.29, 1.82) is 0 Å². The fourth-order valence-electron chi connectivity index (χ4n) is 0.944. The third-order valence-electron chi connectivity index (χ3n) is 1.96. The summed E-state index contributed by atoms with van der Waals surface area (Å²) in [6, 6.07) is 0. The lowest BCUT2D eigenvalue weighted by Crippen LogP contribution is -2.31. The molecular formula is C9H18N2O4. The van der Waals surface area contributed by atoms with Gasteiger partial charge in [-0.1, -0.05) is 6.92 Å². The lowest BCUT2D eigenvalue weighted by Gasteiger charge is -2.10. The van der Waals surface area contributed by atoms with E-state index in [1.807, 2.05) is 6.92 Å². The van der Waals surface area contributed by atoms with Crippen LogP contribution in [-0.2, 0) is 9.59 Å². The van der Waals surface area contributed by atoms with Crippen LogP contribution in [0, 0.1) is 5.92 Å². The number of nitrogens with one attached hydrogen (secondary N) is 1. The van der Waals surface area contributed by atoms with Crippen molar-refractivity contribution in [3.63, 3.8) is 0 Å². The average Bonchev–Trinajstić information content (AvgIpc) is 2.17. The average molecular weight is 218 g/mol. The minimum absolute atomic E-state index is 0.0120. The van der Waals surface area contributed by atoms with E-state index in [1.165, 1.54) is 0 Å². The maximum absolute atomic E-state index is 11.2. The molecule has 0 saturated carbocycles. The van der Waals surface area contributed by atoms with Crippen LogP contribution in [0.5, 0.6) is 0 Å². The molecule has 15 heavy (non-hydrogen) atoms. The number of carboxylic acids is 1. The van der Waals surface area contributed by atoms with Crippen LogP contribution >= 0.6 is 0 Å². The summed E-state index contributed by atoms with van der Waals surface area (Å²) in [5.74, 6) is -1.35. The normalized spacial score (nSPS) is 14.3. The van der Waals surface area contributed by atoms with E-state index >= 15 is 0 Å². The van der Waals surface area contributed by atoms with Crippen molar-refractivity contribution in [1.82, 2.24) is 5.32 Å². The molecule has 0 aliphatic heterocycles. The largest absolute Gasteiger partial charge is 0.479 e. The molecule has 0 heterocycles. The van der Waals surface area contributed by atoms with Gasteiger partial charge in [0.15, 0.2) is 6.10 Å². The topological polar surface area (TPSA) is 113 Å². The van der Waals surface area contributed by atoms with E-state index in [4.69, 9.17) is 15.9 Å². The summed E-state index contributed by atoms with van der Waals surface area (Å²) in [7, 11) is 0. The highest BCUT2D eigenvalue weighted by Crippen LogP contribution is 1.98. The second kappa shape index (κ2) is 7.19. The van der Waals surface area contributed by atoms with Crippen molar-refractivity contribution in [2.24, 2.45) is 11.7 Å². The zero-order valence-corrected chi connectivity index (χ0v) is 8.77. The summed E-state index contributed by atoms with van der Waals surface area (Å²) in [5.41, 5.74) is 5.34. The highest BCUT2D eigenvalue weighted by atomic mass is 16.4. The Kier molecular flexibility index (Phi) is 6.64. The fraction of sp³-hybridized carbons (Fsp3) is 0.778. The van der Waals surface area contributed by atoms with Crippen molar-refractivity contribution in [3.05, 3.63) is 0 Å². The van der Waals surface area contributed by atoms with Gasteiger partial charge in [0, 0.05) is 19.4 Å².